The van der Waals surface area contributed by atoms with Crippen molar-refractivity contribution in [1.29, 1.82) is 0 Å². The number of carbonyl (C=O) groups is 1. The third-order valence-corrected chi connectivity index (χ3v) is 5.74. The first-order valence-electron chi connectivity index (χ1n) is 9.60. The molecule has 5 rings (SSSR count). The minimum absolute atomic E-state index is 0.0467. The van der Waals surface area contributed by atoms with Crippen molar-refractivity contribution >= 4 is 16.8 Å². The SMILES string of the molecule is O=C(NC1CCCc2c1[nH]c1ccccc21)C1CC(c2cccnc2)NN1. The fraction of sp³-hybridized carbons (Fsp3) is 0.333. The maximum atomic E-state index is 12.9. The van der Waals surface area contributed by atoms with Crippen LogP contribution in [0.5, 0.6) is 0 Å². The van der Waals surface area contributed by atoms with Crippen LogP contribution >= 0.6 is 0 Å². The van der Waals surface area contributed by atoms with Crippen LogP contribution in [0.2, 0.25) is 0 Å². The molecule has 6 heteroatoms. The van der Waals surface area contributed by atoms with Crippen LogP contribution in [0.4, 0.5) is 0 Å². The van der Waals surface area contributed by atoms with Crippen molar-refractivity contribution in [3.05, 3.63) is 65.6 Å². The van der Waals surface area contributed by atoms with E-state index in [0.717, 1.165) is 30.3 Å². The summed E-state index contributed by atoms with van der Waals surface area (Å²) in [6, 6.07) is 12.2. The number of rotatable bonds is 3. The van der Waals surface area contributed by atoms with E-state index in [0.29, 0.717) is 6.42 Å². The number of nitrogens with zero attached hydrogens (tertiary/aromatic N) is 1. The lowest BCUT2D eigenvalue weighted by Gasteiger charge is -2.25. The van der Waals surface area contributed by atoms with Crippen molar-refractivity contribution in [2.24, 2.45) is 0 Å². The molecule has 4 N–H and O–H groups in total. The van der Waals surface area contributed by atoms with E-state index in [1.807, 2.05) is 24.4 Å². The Morgan fingerprint density at radius 1 is 1.15 bits per heavy atom. The Morgan fingerprint density at radius 3 is 2.96 bits per heavy atom. The second-order valence-electron chi connectivity index (χ2n) is 7.43. The van der Waals surface area contributed by atoms with Gasteiger partial charge in [-0.1, -0.05) is 24.3 Å². The topological polar surface area (TPSA) is 81.8 Å². The van der Waals surface area contributed by atoms with Crippen molar-refractivity contribution in [3.63, 3.8) is 0 Å². The predicted molar refractivity (Wildman–Crippen MR) is 104 cm³/mol. The van der Waals surface area contributed by atoms with E-state index in [-0.39, 0.29) is 24.0 Å². The van der Waals surface area contributed by atoms with E-state index in [1.165, 1.54) is 16.6 Å². The van der Waals surface area contributed by atoms with Crippen LogP contribution in [0, 0.1) is 0 Å². The zero-order valence-electron chi connectivity index (χ0n) is 15.0. The smallest absolute Gasteiger partial charge is 0.239 e. The number of aromatic amines is 1. The summed E-state index contributed by atoms with van der Waals surface area (Å²) in [6.45, 7) is 0. The highest BCUT2D eigenvalue weighted by Crippen LogP contribution is 2.34. The van der Waals surface area contributed by atoms with E-state index < -0.39 is 0 Å². The van der Waals surface area contributed by atoms with Gasteiger partial charge in [-0.25, -0.2) is 10.9 Å². The number of amides is 1. The van der Waals surface area contributed by atoms with Crippen LogP contribution in [0.25, 0.3) is 10.9 Å². The van der Waals surface area contributed by atoms with Crippen LogP contribution in [-0.2, 0) is 11.2 Å². The monoisotopic (exact) mass is 361 g/mol. The number of fused-ring (bicyclic) bond motifs is 3. The molecule has 2 aliphatic rings. The zero-order valence-corrected chi connectivity index (χ0v) is 15.0. The Balaban J connectivity index is 1.31. The lowest BCUT2D eigenvalue weighted by molar-refractivity contribution is -0.123. The molecular formula is C21H23N5O. The van der Waals surface area contributed by atoms with Crippen LogP contribution < -0.4 is 16.2 Å². The summed E-state index contributed by atoms with van der Waals surface area (Å²) < 4.78 is 0. The van der Waals surface area contributed by atoms with Crippen LogP contribution in [0.15, 0.2) is 48.8 Å². The molecular weight excluding hydrogens is 338 g/mol. The molecule has 0 bridgehead atoms. The molecule has 0 radical (unpaired) electrons. The quantitative estimate of drug-likeness (QED) is 0.578. The molecule has 0 saturated carbocycles. The molecule has 27 heavy (non-hydrogen) atoms. The van der Waals surface area contributed by atoms with Crippen molar-refractivity contribution in [3.8, 4) is 0 Å². The molecule has 2 aromatic heterocycles. The summed E-state index contributed by atoms with van der Waals surface area (Å²) in [5, 5.41) is 4.54. The number of hydrazine groups is 1. The number of carbonyl (C=O) groups excluding carboxylic acids is 1. The summed E-state index contributed by atoms with van der Waals surface area (Å²) in [7, 11) is 0. The van der Waals surface area contributed by atoms with Gasteiger partial charge in [0, 0.05) is 35.0 Å². The van der Waals surface area contributed by atoms with Gasteiger partial charge in [-0.2, -0.15) is 0 Å². The Hall–Kier alpha value is -2.70. The number of nitrogens with one attached hydrogen (secondary N) is 4. The summed E-state index contributed by atoms with van der Waals surface area (Å²) in [5.41, 5.74) is 11.1. The third-order valence-electron chi connectivity index (χ3n) is 5.74. The average Bonchev–Trinajstić information content (AvgIpc) is 3.35. The highest BCUT2D eigenvalue weighted by molar-refractivity contribution is 5.86. The van der Waals surface area contributed by atoms with Crippen molar-refractivity contribution in [2.45, 2.75) is 43.8 Å². The molecule has 1 aromatic carbocycles. The molecule has 0 spiro atoms. The Kier molecular flexibility index (Phi) is 4.14. The zero-order chi connectivity index (χ0) is 18.2. The molecule has 6 nitrogen and oxygen atoms in total. The molecule has 3 heterocycles. The highest BCUT2D eigenvalue weighted by atomic mass is 16.2. The van der Waals surface area contributed by atoms with Gasteiger partial charge in [0.05, 0.1) is 6.04 Å². The molecule has 138 valence electrons. The first-order chi connectivity index (χ1) is 13.3. The maximum absolute atomic E-state index is 12.9. The standard InChI is InChI=1S/C21H23N5O/c27-21(19-11-18(25-26-19)13-5-4-10-22-12-13)24-17-9-3-7-15-14-6-1-2-8-16(14)23-20(15)17/h1-2,4-6,8,10,12,17-19,23,25-26H,3,7,9,11H2,(H,24,27). The fourth-order valence-corrected chi connectivity index (χ4v) is 4.36. The Morgan fingerprint density at radius 2 is 2.07 bits per heavy atom. The minimum atomic E-state index is -0.245. The molecule has 1 fully saturated rings. The largest absolute Gasteiger partial charge is 0.356 e. The second-order valence-corrected chi connectivity index (χ2v) is 7.43. The number of pyridine rings is 1. The molecule has 3 unspecified atom stereocenters. The number of hydrogen-bond acceptors (Lipinski definition) is 4. The van der Waals surface area contributed by atoms with E-state index in [1.54, 1.807) is 6.20 Å². The van der Waals surface area contributed by atoms with Gasteiger partial charge in [-0.15, -0.1) is 0 Å². The summed E-state index contributed by atoms with van der Waals surface area (Å²) in [4.78, 5) is 20.6. The Labute approximate surface area is 157 Å². The molecule has 3 atom stereocenters. The van der Waals surface area contributed by atoms with Crippen LogP contribution in [0.1, 0.15) is 48.2 Å². The van der Waals surface area contributed by atoms with Gasteiger partial charge in [-0.05, 0) is 48.9 Å². The van der Waals surface area contributed by atoms with E-state index in [4.69, 9.17) is 0 Å². The normalized spacial score (nSPS) is 24.7. The number of hydrogen-bond donors (Lipinski definition) is 4. The van der Waals surface area contributed by atoms with Crippen LogP contribution in [0.3, 0.4) is 0 Å². The van der Waals surface area contributed by atoms with Gasteiger partial charge in [0.15, 0.2) is 0 Å². The fourth-order valence-electron chi connectivity index (χ4n) is 4.36. The first-order valence-corrected chi connectivity index (χ1v) is 9.60. The van der Waals surface area contributed by atoms with Gasteiger partial charge in [0.2, 0.25) is 5.91 Å². The molecule has 1 aliphatic carbocycles. The van der Waals surface area contributed by atoms with E-state index >= 15 is 0 Å². The molecule has 1 amide bonds. The number of aryl methyl sites for hydroxylation is 1. The van der Waals surface area contributed by atoms with Gasteiger partial charge in [0.25, 0.3) is 0 Å². The minimum Gasteiger partial charge on any atom is -0.356 e. The molecule has 1 saturated heterocycles. The van der Waals surface area contributed by atoms with Crippen molar-refractivity contribution in [1.82, 2.24) is 26.1 Å². The number of H-pyrrole nitrogens is 1. The average molecular weight is 361 g/mol. The summed E-state index contributed by atoms with van der Waals surface area (Å²) in [5.74, 6) is 0.0467. The van der Waals surface area contributed by atoms with Crippen molar-refractivity contribution in [2.75, 3.05) is 0 Å². The number of para-hydroxylation sites is 1. The highest BCUT2D eigenvalue weighted by Gasteiger charge is 2.33. The van der Waals surface area contributed by atoms with Gasteiger partial charge >= 0.3 is 0 Å². The lowest BCUT2D eigenvalue weighted by Crippen LogP contribution is -2.45. The van der Waals surface area contributed by atoms with Crippen LogP contribution in [-0.4, -0.2) is 21.9 Å². The number of aromatic nitrogens is 2. The third kappa shape index (κ3) is 3.01. The Bertz CT molecular complexity index is 967. The molecule has 3 aromatic rings. The predicted octanol–water partition coefficient (Wildman–Crippen LogP) is 2.66. The van der Waals surface area contributed by atoms with Crippen molar-refractivity contribution < 1.29 is 4.79 Å². The first kappa shape index (κ1) is 16.5. The summed E-state index contributed by atoms with van der Waals surface area (Å²) >= 11 is 0. The maximum Gasteiger partial charge on any atom is 0.239 e. The summed E-state index contributed by atoms with van der Waals surface area (Å²) in [6.07, 6.45) is 7.45. The molecule has 1 aliphatic heterocycles. The van der Waals surface area contributed by atoms with E-state index in [9.17, 15) is 4.79 Å². The lowest BCUT2D eigenvalue weighted by atomic mass is 9.91. The second kappa shape index (κ2) is 6.79. The van der Waals surface area contributed by atoms with Gasteiger partial charge in [0.1, 0.15) is 6.04 Å². The van der Waals surface area contributed by atoms with Gasteiger partial charge in [-0.3, -0.25) is 9.78 Å². The van der Waals surface area contributed by atoms with E-state index in [2.05, 4.69) is 44.3 Å². The number of benzene rings is 1. The van der Waals surface area contributed by atoms with Gasteiger partial charge < -0.3 is 10.3 Å².